The van der Waals surface area contributed by atoms with Gasteiger partial charge < -0.3 is 5.73 Å². The number of aromatic nitrogens is 1. The van der Waals surface area contributed by atoms with Gasteiger partial charge >= 0.3 is 6.18 Å². The monoisotopic (exact) mass is 226 g/mol. The maximum Gasteiger partial charge on any atom is 0.416 e. The largest absolute Gasteiger partial charge is 0.416 e. The average Bonchev–Trinajstić information content (AvgIpc) is 2.15. The van der Waals surface area contributed by atoms with Gasteiger partial charge in [0.1, 0.15) is 5.82 Å². The molecule has 1 aromatic carbocycles. The molecule has 0 aliphatic heterocycles. The van der Waals surface area contributed by atoms with E-state index in [1.165, 1.54) is 19.2 Å². The number of nitrogens with zero attached hydrogens (tertiary/aromatic N) is 1. The third kappa shape index (κ3) is 1.68. The zero-order valence-electron chi connectivity index (χ0n) is 8.47. The third-order valence-corrected chi connectivity index (χ3v) is 2.45. The van der Waals surface area contributed by atoms with Crippen molar-refractivity contribution in [2.75, 3.05) is 5.73 Å². The van der Waals surface area contributed by atoms with Gasteiger partial charge in [-0.25, -0.2) is 4.98 Å². The van der Waals surface area contributed by atoms with E-state index < -0.39 is 11.7 Å². The molecule has 0 saturated heterocycles. The van der Waals surface area contributed by atoms with Crippen LogP contribution in [-0.2, 0) is 6.18 Å². The highest BCUT2D eigenvalue weighted by Gasteiger charge is 2.32. The molecule has 16 heavy (non-hydrogen) atoms. The van der Waals surface area contributed by atoms with Gasteiger partial charge in [0.25, 0.3) is 0 Å². The van der Waals surface area contributed by atoms with Crippen LogP contribution in [0, 0.1) is 6.92 Å². The van der Waals surface area contributed by atoms with E-state index in [4.69, 9.17) is 5.73 Å². The fourth-order valence-electron chi connectivity index (χ4n) is 1.66. The number of fused-ring (bicyclic) bond motifs is 1. The van der Waals surface area contributed by atoms with Gasteiger partial charge in [-0.15, -0.1) is 0 Å². The molecule has 0 aliphatic rings. The minimum atomic E-state index is -4.36. The SMILES string of the molecule is Cc1cc2ccnc(N)c2cc1C(F)(F)F. The first kappa shape index (κ1) is 10.7. The van der Waals surface area contributed by atoms with Gasteiger partial charge in [-0.2, -0.15) is 13.2 Å². The first-order chi connectivity index (χ1) is 7.39. The molecule has 0 fully saturated rings. The second-order valence-electron chi connectivity index (χ2n) is 3.58. The second-order valence-corrected chi connectivity index (χ2v) is 3.58. The van der Waals surface area contributed by atoms with E-state index in [9.17, 15) is 13.2 Å². The van der Waals surface area contributed by atoms with Crippen LogP contribution in [0.1, 0.15) is 11.1 Å². The number of alkyl halides is 3. The summed E-state index contributed by atoms with van der Waals surface area (Å²) in [5, 5.41) is 0.999. The van der Waals surface area contributed by atoms with Gasteiger partial charge in [0.15, 0.2) is 0 Å². The summed E-state index contributed by atoms with van der Waals surface area (Å²) in [4.78, 5) is 3.77. The number of pyridine rings is 1. The normalized spacial score (nSPS) is 12.0. The summed E-state index contributed by atoms with van der Waals surface area (Å²) in [7, 11) is 0. The Morgan fingerprint density at radius 3 is 2.56 bits per heavy atom. The second kappa shape index (κ2) is 3.37. The lowest BCUT2D eigenvalue weighted by Crippen LogP contribution is -2.07. The van der Waals surface area contributed by atoms with Gasteiger partial charge in [0.2, 0.25) is 0 Å². The van der Waals surface area contributed by atoms with Crippen LogP contribution in [-0.4, -0.2) is 4.98 Å². The number of nitrogens with two attached hydrogens (primary N) is 1. The van der Waals surface area contributed by atoms with Crippen LogP contribution in [0.4, 0.5) is 19.0 Å². The van der Waals surface area contributed by atoms with Gasteiger partial charge in [0, 0.05) is 11.6 Å². The summed E-state index contributed by atoms with van der Waals surface area (Å²) in [5.74, 6) is 0.114. The summed E-state index contributed by atoms with van der Waals surface area (Å²) in [6, 6.07) is 4.15. The molecule has 0 saturated carbocycles. The molecule has 2 aromatic rings. The number of nitrogen functional groups attached to an aromatic ring is 1. The minimum Gasteiger partial charge on any atom is -0.383 e. The Balaban J connectivity index is 2.80. The Hall–Kier alpha value is -1.78. The summed E-state index contributed by atoms with van der Waals surface area (Å²) in [5.41, 5.74) is 5.06. The van der Waals surface area contributed by atoms with Crippen LogP contribution in [0.2, 0.25) is 0 Å². The lowest BCUT2D eigenvalue weighted by atomic mass is 10.0. The molecule has 0 atom stereocenters. The van der Waals surface area contributed by atoms with Crippen molar-refractivity contribution in [3.05, 3.63) is 35.5 Å². The zero-order valence-corrected chi connectivity index (χ0v) is 8.47. The predicted octanol–water partition coefficient (Wildman–Crippen LogP) is 3.14. The van der Waals surface area contributed by atoms with E-state index in [0.29, 0.717) is 10.8 Å². The lowest BCUT2D eigenvalue weighted by Gasteiger charge is -2.12. The molecule has 0 bridgehead atoms. The quantitative estimate of drug-likeness (QED) is 0.749. The van der Waals surface area contributed by atoms with Crippen molar-refractivity contribution < 1.29 is 13.2 Å². The van der Waals surface area contributed by atoms with Crippen molar-refractivity contribution in [3.8, 4) is 0 Å². The van der Waals surface area contributed by atoms with Crippen molar-refractivity contribution in [1.29, 1.82) is 0 Å². The first-order valence-corrected chi connectivity index (χ1v) is 4.61. The summed E-state index contributed by atoms with van der Waals surface area (Å²) in [6.45, 7) is 1.43. The zero-order chi connectivity index (χ0) is 11.9. The number of anilines is 1. The van der Waals surface area contributed by atoms with Gasteiger partial charge in [-0.3, -0.25) is 0 Å². The third-order valence-electron chi connectivity index (χ3n) is 2.45. The smallest absolute Gasteiger partial charge is 0.383 e. The van der Waals surface area contributed by atoms with E-state index in [0.717, 1.165) is 6.07 Å². The van der Waals surface area contributed by atoms with Gasteiger partial charge in [-0.1, -0.05) is 6.07 Å². The van der Waals surface area contributed by atoms with Crippen molar-refractivity contribution in [2.45, 2.75) is 13.1 Å². The molecule has 2 nitrogen and oxygen atoms in total. The highest BCUT2D eigenvalue weighted by atomic mass is 19.4. The summed E-state index contributed by atoms with van der Waals surface area (Å²) < 4.78 is 37.9. The number of halogens is 3. The fourth-order valence-corrected chi connectivity index (χ4v) is 1.66. The molecule has 1 aromatic heterocycles. The van der Waals surface area contributed by atoms with Crippen LogP contribution in [0.3, 0.4) is 0 Å². The molecule has 2 N–H and O–H groups in total. The standard InChI is InChI=1S/C11H9F3N2/c1-6-4-7-2-3-16-10(15)8(7)5-9(6)11(12,13)14/h2-5H,1H3,(H2,15,16). The van der Waals surface area contributed by atoms with E-state index in [1.54, 1.807) is 6.07 Å². The Bertz CT molecular complexity index is 547. The maximum atomic E-state index is 12.6. The molecule has 1 heterocycles. The number of rotatable bonds is 0. The lowest BCUT2D eigenvalue weighted by molar-refractivity contribution is -0.137. The van der Waals surface area contributed by atoms with Crippen LogP contribution in [0.5, 0.6) is 0 Å². The van der Waals surface area contributed by atoms with E-state index in [2.05, 4.69) is 4.98 Å². The highest BCUT2D eigenvalue weighted by Crippen LogP contribution is 2.35. The highest BCUT2D eigenvalue weighted by molar-refractivity contribution is 5.91. The molecule has 84 valence electrons. The number of benzene rings is 1. The average molecular weight is 226 g/mol. The van der Waals surface area contributed by atoms with E-state index >= 15 is 0 Å². The maximum absolute atomic E-state index is 12.6. The van der Waals surface area contributed by atoms with Gasteiger partial charge in [-0.05, 0) is 30.0 Å². The van der Waals surface area contributed by atoms with Crippen molar-refractivity contribution in [2.24, 2.45) is 0 Å². The summed E-state index contributed by atoms with van der Waals surface area (Å²) >= 11 is 0. The number of hydrogen-bond acceptors (Lipinski definition) is 2. The molecule has 0 radical (unpaired) electrons. The van der Waals surface area contributed by atoms with Crippen LogP contribution in [0.25, 0.3) is 10.8 Å². The van der Waals surface area contributed by atoms with Crippen molar-refractivity contribution in [1.82, 2.24) is 4.98 Å². The molecule has 5 heteroatoms. The Morgan fingerprint density at radius 1 is 1.25 bits per heavy atom. The molecule has 0 amide bonds. The molecule has 0 aliphatic carbocycles. The van der Waals surface area contributed by atoms with Crippen LogP contribution in [0.15, 0.2) is 24.4 Å². The fraction of sp³-hybridized carbons (Fsp3) is 0.182. The van der Waals surface area contributed by atoms with E-state index in [-0.39, 0.29) is 11.4 Å². The Labute approximate surface area is 89.9 Å². The van der Waals surface area contributed by atoms with Gasteiger partial charge in [0.05, 0.1) is 5.56 Å². The molecule has 2 rings (SSSR count). The minimum absolute atomic E-state index is 0.114. The van der Waals surface area contributed by atoms with E-state index in [1.807, 2.05) is 0 Å². The number of hydrogen-bond donors (Lipinski definition) is 1. The predicted molar refractivity (Wildman–Crippen MR) is 55.9 cm³/mol. The Kier molecular flexibility index (Phi) is 2.26. The molecule has 0 spiro atoms. The summed E-state index contributed by atoms with van der Waals surface area (Å²) in [6.07, 6.45) is -2.88. The molecule has 0 unspecified atom stereocenters. The number of aryl methyl sites for hydroxylation is 1. The van der Waals surface area contributed by atoms with Crippen molar-refractivity contribution in [3.63, 3.8) is 0 Å². The topological polar surface area (TPSA) is 38.9 Å². The van der Waals surface area contributed by atoms with Crippen molar-refractivity contribution >= 4 is 16.6 Å². The van der Waals surface area contributed by atoms with Crippen LogP contribution < -0.4 is 5.73 Å². The molecular formula is C11H9F3N2. The molecular weight excluding hydrogens is 217 g/mol. The Morgan fingerprint density at radius 2 is 1.94 bits per heavy atom. The van der Waals surface area contributed by atoms with Crippen LogP contribution >= 0.6 is 0 Å². The first-order valence-electron chi connectivity index (χ1n) is 4.61.